The first-order valence-corrected chi connectivity index (χ1v) is 11.1. The monoisotopic (exact) mass is 439 g/mol. The summed E-state index contributed by atoms with van der Waals surface area (Å²) in [5.74, 6) is -0.599. The molecule has 0 unspecified atom stereocenters. The molecule has 11 heteroatoms. The summed E-state index contributed by atoms with van der Waals surface area (Å²) >= 11 is 0. The Kier molecular flexibility index (Phi) is 6.40. The number of methoxy groups -OCH3 is 1. The summed E-state index contributed by atoms with van der Waals surface area (Å²) in [6.45, 7) is 2.68. The Morgan fingerprint density at radius 1 is 1.20 bits per heavy atom. The lowest BCUT2D eigenvalue weighted by molar-refractivity contribution is 0.0767. The zero-order valence-corrected chi connectivity index (χ0v) is 17.6. The molecule has 1 aromatic heterocycles. The van der Waals surface area contributed by atoms with Crippen LogP contribution in [0.1, 0.15) is 18.4 Å². The summed E-state index contributed by atoms with van der Waals surface area (Å²) in [6.07, 6.45) is 2.93. The van der Waals surface area contributed by atoms with Crippen LogP contribution in [-0.4, -0.2) is 61.9 Å². The zero-order valence-electron chi connectivity index (χ0n) is 16.8. The van der Waals surface area contributed by atoms with Crippen LogP contribution in [0.25, 0.3) is 0 Å². The molecule has 1 amide bonds. The van der Waals surface area contributed by atoms with Crippen molar-refractivity contribution in [3.63, 3.8) is 0 Å². The second-order valence-electron chi connectivity index (χ2n) is 6.85. The molecule has 1 aromatic carbocycles. The summed E-state index contributed by atoms with van der Waals surface area (Å²) in [6, 6.07) is 3.39. The van der Waals surface area contributed by atoms with E-state index in [0.29, 0.717) is 37.4 Å². The first-order valence-electron chi connectivity index (χ1n) is 9.17. The van der Waals surface area contributed by atoms with Crippen molar-refractivity contribution in [3.05, 3.63) is 35.9 Å². The minimum Gasteiger partial charge on any atom is -0.474 e. The maximum Gasteiger partial charge on any atom is 0.409 e. The van der Waals surface area contributed by atoms with E-state index in [9.17, 15) is 17.6 Å². The Morgan fingerprint density at radius 2 is 1.87 bits per heavy atom. The highest BCUT2D eigenvalue weighted by molar-refractivity contribution is 7.90. The standard InChI is InChI=1S/C19H22FN3O6S/c1-12-17(28-13-6-8-23(9-7-13)19(24)27-2)21-11-22-18(12)29-16-5-4-14(10-15(16)20)30(3,25)26/h4-5,10-11,13H,6-9H2,1-3H3. The van der Waals surface area contributed by atoms with E-state index in [-0.39, 0.29) is 28.7 Å². The Labute approximate surface area is 173 Å². The second kappa shape index (κ2) is 8.82. The Morgan fingerprint density at radius 3 is 2.47 bits per heavy atom. The molecule has 9 nitrogen and oxygen atoms in total. The molecule has 0 atom stereocenters. The highest BCUT2D eigenvalue weighted by Crippen LogP contribution is 2.31. The predicted molar refractivity (Wildman–Crippen MR) is 104 cm³/mol. The lowest BCUT2D eigenvalue weighted by Gasteiger charge is -2.31. The van der Waals surface area contributed by atoms with Crippen molar-refractivity contribution < 1.29 is 31.8 Å². The van der Waals surface area contributed by atoms with Gasteiger partial charge >= 0.3 is 6.09 Å². The van der Waals surface area contributed by atoms with Gasteiger partial charge in [-0.1, -0.05) is 0 Å². The number of hydrogen-bond acceptors (Lipinski definition) is 8. The van der Waals surface area contributed by atoms with E-state index in [4.69, 9.17) is 14.2 Å². The van der Waals surface area contributed by atoms with Crippen LogP contribution < -0.4 is 9.47 Å². The average Bonchev–Trinajstić information content (AvgIpc) is 2.71. The van der Waals surface area contributed by atoms with Crippen LogP contribution in [-0.2, 0) is 14.6 Å². The van der Waals surface area contributed by atoms with Gasteiger partial charge in [0.15, 0.2) is 21.4 Å². The molecule has 0 N–H and O–H groups in total. The Balaban J connectivity index is 1.71. The van der Waals surface area contributed by atoms with Crippen molar-refractivity contribution in [2.24, 2.45) is 0 Å². The van der Waals surface area contributed by atoms with E-state index in [1.807, 2.05) is 0 Å². The average molecular weight is 439 g/mol. The number of ether oxygens (including phenoxy) is 3. The Hall–Kier alpha value is -2.95. The van der Waals surface area contributed by atoms with Gasteiger partial charge in [-0.3, -0.25) is 0 Å². The number of amides is 1. The fraction of sp³-hybridized carbons (Fsp3) is 0.421. The van der Waals surface area contributed by atoms with Crippen LogP contribution in [0.15, 0.2) is 29.4 Å². The minimum absolute atomic E-state index is 0.0954. The third-order valence-corrected chi connectivity index (χ3v) is 5.79. The summed E-state index contributed by atoms with van der Waals surface area (Å²) in [5, 5.41) is 0. The molecule has 0 aliphatic carbocycles. The number of carbonyl (C=O) groups is 1. The molecule has 30 heavy (non-hydrogen) atoms. The van der Waals surface area contributed by atoms with Crippen LogP contribution in [0.4, 0.5) is 9.18 Å². The number of carbonyl (C=O) groups excluding carboxylic acids is 1. The molecule has 1 aliphatic heterocycles. The van der Waals surface area contributed by atoms with Crippen LogP contribution in [0.5, 0.6) is 17.5 Å². The number of likely N-dealkylation sites (tertiary alicyclic amines) is 1. The molecule has 0 spiro atoms. The smallest absolute Gasteiger partial charge is 0.409 e. The largest absolute Gasteiger partial charge is 0.474 e. The molecule has 0 saturated carbocycles. The third-order valence-electron chi connectivity index (χ3n) is 4.68. The second-order valence-corrected chi connectivity index (χ2v) is 8.87. The van der Waals surface area contributed by atoms with Gasteiger partial charge in [-0.15, -0.1) is 0 Å². The number of hydrogen-bond donors (Lipinski definition) is 0. The molecule has 1 saturated heterocycles. The summed E-state index contributed by atoms with van der Waals surface area (Å²) in [5.41, 5.74) is 0.472. The van der Waals surface area contributed by atoms with Gasteiger partial charge in [0.25, 0.3) is 0 Å². The fourth-order valence-corrected chi connectivity index (χ4v) is 3.62. The first kappa shape index (κ1) is 21.8. The van der Waals surface area contributed by atoms with E-state index >= 15 is 0 Å². The van der Waals surface area contributed by atoms with Gasteiger partial charge in [0.2, 0.25) is 11.8 Å². The molecular weight excluding hydrogens is 417 g/mol. The lowest BCUT2D eigenvalue weighted by atomic mass is 10.1. The molecule has 2 aromatic rings. The van der Waals surface area contributed by atoms with E-state index in [2.05, 4.69) is 9.97 Å². The Bertz CT molecular complexity index is 1040. The maximum absolute atomic E-state index is 14.3. The SMILES string of the molecule is COC(=O)N1CCC(Oc2ncnc(Oc3ccc(S(C)(=O)=O)cc3F)c2C)CC1. The first-order chi connectivity index (χ1) is 14.2. The van der Waals surface area contributed by atoms with E-state index in [1.54, 1.807) is 11.8 Å². The number of aromatic nitrogens is 2. The van der Waals surface area contributed by atoms with Gasteiger partial charge in [0, 0.05) is 32.2 Å². The quantitative estimate of drug-likeness (QED) is 0.700. The molecular formula is C19H22FN3O6S. The van der Waals surface area contributed by atoms with Gasteiger partial charge in [0.05, 0.1) is 17.6 Å². The lowest BCUT2D eigenvalue weighted by Crippen LogP contribution is -2.41. The van der Waals surface area contributed by atoms with Crippen molar-refractivity contribution in [2.75, 3.05) is 26.5 Å². The predicted octanol–water partition coefficient (Wildman–Crippen LogP) is 2.73. The highest BCUT2D eigenvalue weighted by Gasteiger charge is 2.25. The maximum atomic E-state index is 14.3. The van der Waals surface area contributed by atoms with Gasteiger partial charge < -0.3 is 19.1 Å². The molecule has 3 rings (SSSR count). The topological polar surface area (TPSA) is 108 Å². The van der Waals surface area contributed by atoms with Crippen molar-refractivity contribution in [3.8, 4) is 17.5 Å². The summed E-state index contributed by atoms with van der Waals surface area (Å²) in [7, 11) is -2.19. The molecule has 1 fully saturated rings. The van der Waals surface area contributed by atoms with Crippen LogP contribution >= 0.6 is 0 Å². The summed E-state index contributed by atoms with van der Waals surface area (Å²) in [4.78, 5) is 21.2. The van der Waals surface area contributed by atoms with E-state index < -0.39 is 15.7 Å². The van der Waals surface area contributed by atoms with Crippen LogP contribution in [0.3, 0.4) is 0 Å². The van der Waals surface area contributed by atoms with E-state index in [1.165, 1.54) is 25.6 Å². The van der Waals surface area contributed by atoms with Crippen molar-refractivity contribution in [2.45, 2.75) is 30.8 Å². The zero-order chi connectivity index (χ0) is 21.9. The number of benzene rings is 1. The number of nitrogens with zero attached hydrogens (tertiary/aromatic N) is 3. The molecule has 0 bridgehead atoms. The number of halogens is 1. The highest BCUT2D eigenvalue weighted by atomic mass is 32.2. The fourth-order valence-electron chi connectivity index (χ4n) is 2.98. The number of sulfone groups is 1. The van der Waals surface area contributed by atoms with Crippen molar-refractivity contribution in [1.29, 1.82) is 0 Å². The normalized spacial score (nSPS) is 15.0. The molecule has 162 valence electrons. The molecule has 0 radical (unpaired) electrons. The van der Waals surface area contributed by atoms with Crippen LogP contribution in [0.2, 0.25) is 0 Å². The van der Waals surface area contributed by atoms with Gasteiger partial charge in [-0.25, -0.2) is 27.6 Å². The molecule has 1 aliphatic rings. The van der Waals surface area contributed by atoms with Crippen molar-refractivity contribution >= 4 is 15.9 Å². The number of piperidine rings is 1. The third kappa shape index (κ3) is 4.96. The minimum atomic E-state index is -3.53. The van der Waals surface area contributed by atoms with Gasteiger partial charge in [-0.05, 0) is 25.1 Å². The number of rotatable bonds is 5. The summed E-state index contributed by atoms with van der Waals surface area (Å²) < 4.78 is 53.6. The van der Waals surface area contributed by atoms with Gasteiger partial charge in [0.1, 0.15) is 12.4 Å². The van der Waals surface area contributed by atoms with Crippen LogP contribution in [0, 0.1) is 12.7 Å². The molecule has 2 heterocycles. The van der Waals surface area contributed by atoms with Gasteiger partial charge in [-0.2, -0.15) is 0 Å². The van der Waals surface area contributed by atoms with E-state index in [0.717, 1.165) is 12.3 Å². The van der Waals surface area contributed by atoms with Crippen molar-refractivity contribution in [1.82, 2.24) is 14.9 Å².